The molecular formula is C28H31N7O5. The molecule has 1 N–H and O–H groups in total. The first kappa shape index (κ1) is 26.9. The molecule has 1 saturated heterocycles. The number of nitrogens with one attached hydrogen (secondary N) is 1. The van der Waals surface area contributed by atoms with Gasteiger partial charge in [0.1, 0.15) is 0 Å². The number of ether oxygens (including phenoxy) is 1. The fourth-order valence-electron chi connectivity index (χ4n) is 4.91. The predicted molar refractivity (Wildman–Crippen MR) is 151 cm³/mol. The first-order chi connectivity index (χ1) is 19.3. The highest BCUT2D eigenvalue weighted by atomic mass is 16.5. The first-order valence-electron chi connectivity index (χ1n) is 12.9. The van der Waals surface area contributed by atoms with Crippen LogP contribution in [-0.2, 0) is 30.2 Å². The fraction of sp³-hybridized carbons (Fsp3) is 0.321. The van der Waals surface area contributed by atoms with E-state index in [-0.39, 0.29) is 18.0 Å². The van der Waals surface area contributed by atoms with Gasteiger partial charge in [0, 0.05) is 46.0 Å². The molecule has 2 aromatic carbocycles. The molecule has 1 aliphatic heterocycles. The molecule has 40 heavy (non-hydrogen) atoms. The standard InChI is InChI=1S/C28H31N7O5/c1-31-24-23(25(37)32(2)28(31)39)35(17-19-7-5-4-6-8-19)27(30-24)34-15-13-33(14-16-34)18-22(36)29-21-11-9-20(10-12-21)26(38)40-3/h4-12H,13-18H2,1-3H3,(H,29,36). The molecule has 12 heteroatoms. The Balaban J connectivity index is 1.32. The van der Waals surface area contributed by atoms with Crippen LogP contribution < -0.4 is 21.5 Å². The summed E-state index contributed by atoms with van der Waals surface area (Å²) in [7, 11) is 4.41. The van der Waals surface area contributed by atoms with E-state index in [4.69, 9.17) is 9.72 Å². The number of benzene rings is 2. The number of esters is 1. The number of hydrogen-bond acceptors (Lipinski definition) is 8. The molecule has 0 saturated carbocycles. The molecule has 1 amide bonds. The predicted octanol–water partition coefficient (Wildman–Crippen LogP) is 1.03. The second-order valence-electron chi connectivity index (χ2n) is 9.74. The summed E-state index contributed by atoms with van der Waals surface area (Å²) in [6.07, 6.45) is 0. The molecule has 1 fully saturated rings. The molecule has 1 aliphatic rings. The van der Waals surface area contributed by atoms with Crippen LogP contribution in [0.25, 0.3) is 11.2 Å². The number of hydrogen-bond donors (Lipinski definition) is 1. The zero-order chi connectivity index (χ0) is 28.4. The van der Waals surface area contributed by atoms with Crippen LogP contribution in [0.3, 0.4) is 0 Å². The van der Waals surface area contributed by atoms with Crippen molar-refractivity contribution in [1.82, 2.24) is 23.6 Å². The van der Waals surface area contributed by atoms with Gasteiger partial charge < -0.3 is 15.0 Å². The Hall–Kier alpha value is -4.71. The molecule has 12 nitrogen and oxygen atoms in total. The number of fused-ring (bicyclic) bond motifs is 1. The minimum atomic E-state index is -0.435. The topological polar surface area (TPSA) is 124 Å². The number of aryl methyl sites for hydroxylation is 1. The van der Waals surface area contributed by atoms with Crippen molar-refractivity contribution in [3.63, 3.8) is 0 Å². The van der Waals surface area contributed by atoms with Crippen LogP contribution in [0.4, 0.5) is 11.6 Å². The van der Waals surface area contributed by atoms with E-state index in [1.807, 2.05) is 39.8 Å². The average Bonchev–Trinajstić information content (AvgIpc) is 3.35. The van der Waals surface area contributed by atoms with Crippen LogP contribution in [0.2, 0.25) is 0 Å². The van der Waals surface area contributed by atoms with E-state index >= 15 is 0 Å². The molecule has 0 unspecified atom stereocenters. The van der Waals surface area contributed by atoms with Gasteiger partial charge in [0.15, 0.2) is 11.2 Å². The monoisotopic (exact) mass is 545 g/mol. The van der Waals surface area contributed by atoms with Crippen molar-refractivity contribution in [1.29, 1.82) is 0 Å². The van der Waals surface area contributed by atoms with Crippen molar-refractivity contribution in [2.75, 3.05) is 50.1 Å². The van der Waals surface area contributed by atoms with E-state index in [1.54, 1.807) is 31.3 Å². The molecule has 0 radical (unpaired) electrons. The molecule has 0 bridgehead atoms. The van der Waals surface area contributed by atoms with Crippen molar-refractivity contribution in [3.05, 3.63) is 86.6 Å². The molecule has 5 rings (SSSR count). The maximum Gasteiger partial charge on any atom is 0.337 e. The second-order valence-corrected chi connectivity index (χ2v) is 9.74. The van der Waals surface area contributed by atoms with Crippen LogP contribution in [-0.4, -0.2) is 75.3 Å². The van der Waals surface area contributed by atoms with Gasteiger partial charge in [-0.25, -0.2) is 9.59 Å². The molecule has 0 spiro atoms. The second kappa shape index (κ2) is 11.2. The highest BCUT2D eigenvalue weighted by Gasteiger charge is 2.26. The molecule has 4 aromatic rings. The average molecular weight is 546 g/mol. The molecule has 208 valence electrons. The number of piperazine rings is 1. The number of rotatable bonds is 7. The Morgan fingerprint density at radius 1 is 0.925 bits per heavy atom. The summed E-state index contributed by atoms with van der Waals surface area (Å²) >= 11 is 0. The van der Waals surface area contributed by atoms with Gasteiger partial charge >= 0.3 is 11.7 Å². The van der Waals surface area contributed by atoms with Gasteiger partial charge in [-0.05, 0) is 29.8 Å². The van der Waals surface area contributed by atoms with Crippen molar-refractivity contribution >= 4 is 34.7 Å². The fourth-order valence-corrected chi connectivity index (χ4v) is 4.91. The van der Waals surface area contributed by atoms with E-state index in [1.165, 1.54) is 18.7 Å². The highest BCUT2D eigenvalue weighted by Crippen LogP contribution is 2.23. The van der Waals surface area contributed by atoms with Crippen LogP contribution in [0.15, 0.2) is 64.2 Å². The summed E-state index contributed by atoms with van der Waals surface area (Å²) in [6, 6.07) is 16.3. The molecular weight excluding hydrogens is 514 g/mol. The Kier molecular flexibility index (Phi) is 7.52. The van der Waals surface area contributed by atoms with Gasteiger partial charge in [-0.1, -0.05) is 30.3 Å². The summed E-state index contributed by atoms with van der Waals surface area (Å²) in [4.78, 5) is 59.0. The number of carbonyl (C=O) groups is 2. The Bertz CT molecular complexity index is 1660. The van der Waals surface area contributed by atoms with Gasteiger partial charge in [-0.2, -0.15) is 4.98 Å². The molecule has 0 aliphatic carbocycles. The van der Waals surface area contributed by atoms with Gasteiger partial charge in [0.25, 0.3) is 5.56 Å². The quantitative estimate of drug-likeness (QED) is 0.342. The smallest absolute Gasteiger partial charge is 0.337 e. The van der Waals surface area contributed by atoms with E-state index in [0.29, 0.717) is 61.1 Å². The van der Waals surface area contributed by atoms with Crippen molar-refractivity contribution in [2.45, 2.75) is 6.54 Å². The van der Waals surface area contributed by atoms with Crippen molar-refractivity contribution in [3.8, 4) is 0 Å². The Morgan fingerprint density at radius 3 is 2.25 bits per heavy atom. The van der Waals surface area contributed by atoms with Crippen molar-refractivity contribution < 1.29 is 14.3 Å². The van der Waals surface area contributed by atoms with Crippen LogP contribution >= 0.6 is 0 Å². The van der Waals surface area contributed by atoms with Gasteiger partial charge in [0.2, 0.25) is 11.9 Å². The minimum absolute atomic E-state index is 0.158. The lowest BCUT2D eigenvalue weighted by Crippen LogP contribution is -2.49. The number of anilines is 2. The first-order valence-corrected chi connectivity index (χ1v) is 12.9. The van der Waals surface area contributed by atoms with E-state index < -0.39 is 11.7 Å². The zero-order valence-electron chi connectivity index (χ0n) is 22.7. The number of imidazole rings is 1. The van der Waals surface area contributed by atoms with E-state index in [9.17, 15) is 19.2 Å². The van der Waals surface area contributed by atoms with E-state index in [2.05, 4.69) is 10.2 Å². The van der Waals surface area contributed by atoms with E-state index in [0.717, 1.165) is 10.1 Å². The van der Waals surface area contributed by atoms with Crippen LogP contribution in [0, 0.1) is 0 Å². The number of amides is 1. The summed E-state index contributed by atoms with van der Waals surface area (Å²) in [5, 5.41) is 2.86. The molecule has 3 heterocycles. The summed E-state index contributed by atoms with van der Waals surface area (Å²) < 4.78 is 9.09. The lowest BCUT2D eigenvalue weighted by Gasteiger charge is -2.35. The summed E-state index contributed by atoms with van der Waals surface area (Å²) in [5.41, 5.74) is 1.93. The minimum Gasteiger partial charge on any atom is -0.465 e. The summed E-state index contributed by atoms with van der Waals surface area (Å²) in [6.45, 7) is 3.04. The lowest BCUT2D eigenvalue weighted by atomic mass is 10.2. The van der Waals surface area contributed by atoms with Crippen LogP contribution in [0.1, 0.15) is 15.9 Å². The number of carbonyl (C=O) groups excluding carboxylic acids is 2. The SMILES string of the molecule is COC(=O)c1ccc(NC(=O)CN2CCN(c3nc4c(c(=O)n(C)c(=O)n4C)n3Cc3ccccc3)CC2)cc1. The molecule has 2 aromatic heterocycles. The van der Waals surface area contributed by atoms with Gasteiger partial charge in [0.05, 0.1) is 25.8 Å². The Morgan fingerprint density at radius 2 is 1.60 bits per heavy atom. The van der Waals surface area contributed by atoms with Gasteiger partial charge in [-0.15, -0.1) is 0 Å². The highest BCUT2D eigenvalue weighted by molar-refractivity contribution is 5.94. The number of aromatic nitrogens is 4. The number of methoxy groups -OCH3 is 1. The third-order valence-electron chi connectivity index (χ3n) is 7.12. The Labute approximate surface area is 230 Å². The third kappa shape index (κ3) is 5.25. The normalized spacial score (nSPS) is 13.9. The largest absolute Gasteiger partial charge is 0.465 e. The maximum absolute atomic E-state index is 13.2. The summed E-state index contributed by atoms with van der Waals surface area (Å²) in [5.74, 6) is 0.0247. The number of nitrogens with zero attached hydrogens (tertiary/aromatic N) is 6. The van der Waals surface area contributed by atoms with Crippen molar-refractivity contribution in [2.24, 2.45) is 14.1 Å². The molecule has 0 atom stereocenters. The van der Waals surface area contributed by atoms with Gasteiger partial charge in [-0.3, -0.25) is 28.2 Å². The van der Waals surface area contributed by atoms with Crippen LogP contribution in [0.5, 0.6) is 0 Å². The maximum atomic E-state index is 13.2. The third-order valence-corrected chi connectivity index (χ3v) is 7.12. The zero-order valence-corrected chi connectivity index (χ0v) is 22.7. The lowest BCUT2D eigenvalue weighted by molar-refractivity contribution is -0.117.